The fourth-order valence-electron chi connectivity index (χ4n) is 4.26. The van der Waals surface area contributed by atoms with Crippen LogP contribution in [0.5, 0.6) is 0 Å². The Morgan fingerprint density at radius 1 is 1.00 bits per heavy atom. The first-order valence-corrected chi connectivity index (χ1v) is 11.4. The highest BCUT2D eigenvalue weighted by atomic mass is 16.5. The largest absolute Gasteiger partial charge is 0.380 e. The summed E-state index contributed by atoms with van der Waals surface area (Å²) < 4.78 is 12.3. The van der Waals surface area contributed by atoms with Gasteiger partial charge in [0.25, 0.3) is 0 Å². The molecule has 0 aliphatic heterocycles. The van der Waals surface area contributed by atoms with Crippen molar-refractivity contribution in [3.63, 3.8) is 0 Å². The van der Waals surface area contributed by atoms with Gasteiger partial charge in [-0.1, -0.05) is 71.4 Å². The zero-order valence-electron chi connectivity index (χ0n) is 18.9. The second-order valence-corrected chi connectivity index (χ2v) is 9.47. The molecule has 1 fully saturated rings. The molecule has 2 rings (SSSR count). The Morgan fingerprint density at radius 3 is 2.39 bits per heavy atom. The molecule has 0 radical (unpaired) electrons. The van der Waals surface area contributed by atoms with Crippen LogP contribution in [0.1, 0.15) is 59.4 Å². The lowest BCUT2D eigenvalue weighted by molar-refractivity contribution is -0.0463. The maximum Gasteiger partial charge on any atom is 0.0608 e. The Morgan fingerprint density at radius 2 is 1.71 bits per heavy atom. The van der Waals surface area contributed by atoms with E-state index in [1.807, 2.05) is 0 Å². The van der Waals surface area contributed by atoms with Gasteiger partial charge in [-0.05, 0) is 42.1 Å². The van der Waals surface area contributed by atoms with Gasteiger partial charge >= 0.3 is 0 Å². The van der Waals surface area contributed by atoms with Gasteiger partial charge in [-0.3, -0.25) is 4.90 Å². The summed E-state index contributed by atoms with van der Waals surface area (Å²) in [4.78, 5) is 2.48. The molecule has 0 aromatic heterocycles. The van der Waals surface area contributed by atoms with Crippen LogP contribution in [0.15, 0.2) is 30.3 Å². The summed E-state index contributed by atoms with van der Waals surface area (Å²) in [6.45, 7) is 16.8. The first-order valence-electron chi connectivity index (χ1n) is 11.4. The molecule has 0 unspecified atom stereocenters. The third-order valence-electron chi connectivity index (χ3n) is 5.95. The second kappa shape index (κ2) is 12.6. The number of rotatable bonds is 12. The minimum Gasteiger partial charge on any atom is -0.380 e. The lowest BCUT2D eigenvalue weighted by Crippen LogP contribution is -2.37. The van der Waals surface area contributed by atoms with Gasteiger partial charge < -0.3 is 9.47 Å². The molecule has 1 aliphatic carbocycles. The van der Waals surface area contributed by atoms with Crippen LogP contribution in [-0.2, 0) is 16.0 Å². The Kier molecular flexibility index (Phi) is 10.5. The topological polar surface area (TPSA) is 21.7 Å². The predicted octanol–water partition coefficient (Wildman–Crippen LogP) is 5.64. The normalized spacial score (nSPS) is 23.1. The third kappa shape index (κ3) is 8.63. The van der Waals surface area contributed by atoms with Gasteiger partial charge in [-0.25, -0.2) is 0 Å². The van der Waals surface area contributed by atoms with Crippen LogP contribution in [0.25, 0.3) is 0 Å². The molecule has 0 heterocycles. The SMILES string of the molecule is CC(C)COCCN(CCO[C@@H]1C[C@H](C)CC[C@H]1C(C)C)Cc1ccccc1. The molecule has 160 valence electrons. The van der Waals surface area contributed by atoms with Gasteiger partial charge in [0, 0.05) is 26.2 Å². The summed E-state index contributed by atoms with van der Waals surface area (Å²) in [6.07, 6.45) is 4.33. The van der Waals surface area contributed by atoms with Crippen LogP contribution in [0.2, 0.25) is 0 Å². The van der Waals surface area contributed by atoms with Crippen molar-refractivity contribution in [3.8, 4) is 0 Å². The number of hydrogen-bond acceptors (Lipinski definition) is 3. The van der Waals surface area contributed by atoms with Crippen molar-refractivity contribution in [2.75, 3.05) is 32.9 Å². The number of ether oxygens (including phenoxy) is 2. The number of hydrogen-bond donors (Lipinski definition) is 0. The van der Waals surface area contributed by atoms with Crippen molar-refractivity contribution >= 4 is 0 Å². The standard InChI is InChI=1S/C25H43NO2/c1-20(2)19-27-15-13-26(18-23-9-7-6-8-10-23)14-16-28-25-17-22(5)11-12-24(25)21(3)4/h6-10,20-22,24-25H,11-19H2,1-5H3/t22-,24+,25-/m1/s1. The van der Waals surface area contributed by atoms with E-state index in [1.165, 1.54) is 24.8 Å². The van der Waals surface area contributed by atoms with Gasteiger partial charge in [-0.15, -0.1) is 0 Å². The van der Waals surface area contributed by atoms with E-state index in [1.54, 1.807) is 0 Å². The molecule has 0 N–H and O–H groups in total. The van der Waals surface area contributed by atoms with Gasteiger partial charge in [-0.2, -0.15) is 0 Å². The molecule has 0 saturated heterocycles. The van der Waals surface area contributed by atoms with Crippen LogP contribution in [0.3, 0.4) is 0 Å². The van der Waals surface area contributed by atoms with E-state index >= 15 is 0 Å². The first kappa shape index (κ1) is 23.4. The van der Waals surface area contributed by atoms with E-state index < -0.39 is 0 Å². The molecule has 3 heteroatoms. The average molecular weight is 390 g/mol. The molecule has 1 aliphatic rings. The Bertz CT molecular complexity index is 517. The average Bonchev–Trinajstić information content (AvgIpc) is 2.65. The fraction of sp³-hybridized carbons (Fsp3) is 0.760. The lowest BCUT2D eigenvalue weighted by atomic mass is 9.75. The van der Waals surface area contributed by atoms with E-state index in [0.717, 1.165) is 45.4 Å². The van der Waals surface area contributed by atoms with E-state index in [4.69, 9.17) is 9.47 Å². The van der Waals surface area contributed by atoms with Crippen molar-refractivity contribution in [2.24, 2.45) is 23.7 Å². The van der Waals surface area contributed by atoms with Crippen molar-refractivity contribution in [1.29, 1.82) is 0 Å². The molecule has 0 amide bonds. The highest BCUT2D eigenvalue weighted by molar-refractivity contribution is 5.14. The molecule has 0 spiro atoms. The Labute approximate surface area is 173 Å². The van der Waals surface area contributed by atoms with Gasteiger partial charge in [0.15, 0.2) is 0 Å². The summed E-state index contributed by atoms with van der Waals surface area (Å²) >= 11 is 0. The van der Waals surface area contributed by atoms with Crippen LogP contribution >= 0.6 is 0 Å². The van der Waals surface area contributed by atoms with Crippen LogP contribution in [-0.4, -0.2) is 43.9 Å². The lowest BCUT2D eigenvalue weighted by Gasteiger charge is -2.37. The summed E-state index contributed by atoms with van der Waals surface area (Å²) in [5.74, 6) is 2.81. The molecule has 3 atom stereocenters. The Balaban J connectivity index is 1.84. The molecular formula is C25H43NO2. The zero-order chi connectivity index (χ0) is 20.4. The van der Waals surface area contributed by atoms with Crippen LogP contribution < -0.4 is 0 Å². The molecule has 1 saturated carbocycles. The number of benzene rings is 1. The zero-order valence-corrected chi connectivity index (χ0v) is 18.9. The first-order chi connectivity index (χ1) is 13.5. The van der Waals surface area contributed by atoms with Crippen molar-refractivity contribution in [1.82, 2.24) is 4.90 Å². The monoisotopic (exact) mass is 389 g/mol. The quantitative estimate of drug-likeness (QED) is 0.432. The highest BCUT2D eigenvalue weighted by Gasteiger charge is 2.31. The fourth-order valence-corrected chi connectivity index (χ4v) is 4.26. The van der Waals surface area contributed by atoms with Crippen molar-refractivity contribution in [3.05, 3.63) is 35.9 Å². The summed E-state index contributed by atoms with van der Waals surface area (Å²) in [6, 6.07) is 10.7. The molecule has 1 aromatic carbocycles. The molecular weight excluding hydrogens is 346 g/mol. The molecule has 28 heavy (non-hydrogen) atoms. The van der Waals surface area contributed by atoms with E-state index in [0.29, 0.717) is 23.9 Å². The minimum absolute atomic E-state index is 0.430. The van der Waals surface area contributed by atoms with Crippen LogP contribution in [0.4, 0.5) is 0 Å². The van der Waals surface area contributed by atoms with E-state index in [-0.39, 0.29) is 0 Å². The van der Waals surface area contributed by atoms with Crippen LogP contribution in [0, 0.1) is 23.7 Å². The predicted molar refractivity (Wildman–Crippen MR) is 118 cm³/mol. The second-order valence-electron chi connectivity index (χ2n) is 9.47. The molecule has 0 bridgehead atoms. The van der Waals surface area contributed by atoms with Gasteiger partial charge in [0.1, 0.15) is 0 Å². The highest BCUT2D eigenvalue weighted by Crippen LogP contribution is 2.35. The maximum absolute atomic E-state index is 6.46. The van der Waals surface area contributed by atoms with Crippen molar-refractivity contribution in [2.45, 2.75) is 66.5 Å². The Hall–Kier alpha value is -0.900. The van der Waals surface area contributed by atoms with E-state index in [2.05, 4.69) is 69.9 Å². The van der Waals surface area contributed by atoms with Crippen molar-refractivity contribution < 1.29 is 9.47 Å². The maximum atomic E-state index is 6.46. The van der Waals surface area contributed by atoms with E-state index in [9.17, 15) is 0 Å². The van der Waals surface area contributed by atoms with Gasteiger partial charge in [0.05, 0.1) is 19.3 Å². The number of nitrogens with zero attached hydrogens (tertiary/aromatic N) is 1. The summed E-state index contributed by atoms with van der Waals surface area (Å²) in [5.41, 5.74) is 1.36. The smallest absolute Gasteiger partial charge is 0.0608 e. The minimum atomic E-state index is 0.430. The van der Waals surface area contributed by atoms with Gasteiger partial charge in [0.2, 0.25) is 0 Å². The third-order valence-corrected chi connectivity index (χ3v) is 5.95. The molecule has 3 nitrogen and oxygen atoms in total. The summed E-state index contributed by atoms with van der Waals surface area (Å²) in [5, 5.41) is 0. The summed E-state index contributed by atoms with van der Waals surface area (Å²) in [7, 11) is 0. The molecule has 1 aromatic rings.